The average Bonchev–Trinajstić information content (AvgIpc) is 2.89. The van der Waals surface area contributed by atoms with Crippen LogP contribution in [0.3, 0.4) is 0 Å². The van der Waals surface area contributed by atoms with Gasteiger partial charge in [0.25, 0.3) is 0 Å². The fourth-order valence-corrected chi connectivity index (χ4v) is 2.72. The second kappa shape index (κ2) is 5.25. The Balaban J connectivity index is 1.82. The van der Waals surface area contributed by atoms with Crippen LogP contribution in [0.25, 0.3) is 10.9 Å². The molecule has 2 nitrogen and oxygen atoms in total. The van der Waals surface area contributed by atoms with Gasteiger partial charge in [-0.3, -0.25) is 0 Å². The normalized spacial score (nSPS) is 10.8. The number of hydrogen-bond donors (Lipinski definition) is 2. The van der Waals surface area contributed by atoms with E-state index in [2.05, 4.69) is 82.3 Å². The van der Waals surface area contributed by atoms with Crippen molar-refractivity contribution in [3.05, 3.63) is 63.4 Å². The Hall–Kier alpha value is -1.49. The van der Waals surface area contributed by atoms with E-state index < -0.39 is 0 Å². The van der Waals surface area contributed by atoms with Crippen LogP contribution in [-0.4, -0.2) is 4.98 Å². The van der Waals surface area contributed by atoms with Gasteiger partial charge in [0.05, 0.1) is 0 Å². The molecule has 0 aliphatic rings. The Morgan fingerprint density at radius 3 is 2.89 bits per heavy atom. The molecule has 0 saturated carbocycles. The highest BCUT2D eigenvalue weighted by Gasteiger charge is 2.02. The van der Waals surface area contributed by atoms with Crippen molar-refractivity contribution in [2.24, 2.45) is 0 Å². The molecule has 2 N–H and O–H groups in total. The Bertz CT molecular complexity index is 716. The molecule has 0 radical (unpaired) electrons. The third-order valence-corrected chi connectivity index (χ3v) is 4.50. The van der Waals surface area contributed by atoms with E-state index in [4.69, 9.17) is 0 Å². The summed E-state index contributed by atoms with van der Waals surface area (Å²) in [6, 6.07) is 15.0. The minimum atomic E-state index is 0.842. The number of aromatic nitrogens is 1. The van der Waals surface area contributed by atoms with Crippen LogP contribution < -0.4 is 5.32 Å². The minimum Gasteiger partial charge on any atom is -0.381 e. The molecule has 0 unspecified atom stereocenters. The van der Waals surface area contributed by atoms with Gasteiger partial charge in [-0.1, -0.05) is 18.2 Å². The van der Waals surface area contributed by atoms with E-state index in [1.807, 2.05) is 6.20 Å². The van der Waals surface area contributed by atoms with Gasteiger partial charge in [0.1, 0.15) is 0 Å². The summed E-state index contributed by atoms with van der Waals surface area (Å²) in [4.78, 5) is 3.25. The lowest BCUT2D eigenvalue weighted by Gasteiger charge is -2.09. The quantitative estimate of drug-likeness (QED) is 0.650. The molecule has 0 saturated heterocycles. The molecule has 3 aromatic rings. The standard InChI is InChI=1S/C16H15IN2/c1-11-5-6-13(9-15(11)17)19-10-12-3-2-4-16-14(12)7-8-18-16/h2-9,18-19H,10H2,1H3. The van der Waals surface area contributed by atoms with E-state index in [0.29, 0.717) is 0 Å². The van der Waals surface area contributed by atoms with Crippen molar-refractivity contribution in [2.75, 3.05) is 5.32 Å². The Morgan fingerprint density at radius 2 is 2.05 bits per heavy atom. The van der Waals surface area contributed by atoms with Crippen molar-refractivity contribution in [1.82, 2.24) is 4.98 Å². The average molecular weight is 362 g/mol. The van der Waals surface area contributed by atoms with Crippen molar-refractivity contribution >= 4 is 39.2 Å². The number of halogens is 1. The maximum Gasteiger partial charge on any atom is 0.0457 e. The van der Waals surface area contributed by atoms with E-state index in [1.54, 1.807) is 0 Å². The zero-order valence-electron chi connectivity index (χ0n) is 10.7. The molecule has 0 spiro atoms. The summed E-state index contributed by atoms with van der Waals surface area (Å²) in [6.07, 6.45) is 1.99. The van der Waals surface area contributed by atoms with E-state index in [9.17, 15) is 0 Å². The van der Waals surface area contributed by atoms with Crippen LogP contribution in [0, 0.1) is 10.5 Å². The SMILES string of the molecule is Cc1ccc(NCc2cccc3[nH]ccc23)cc1I. The molecular formula is C16H15IN2. The van der Waals surface area contributed by atoms with Gasteiger partial charge in [-0.2, -0.15) is 0 Å². The third kappa shape index (κ3) is 2.61. The Morgan fingerprint density at radius 1 is 1.16 bits per heavy atom. The molecule has 0 fully saturated rings. The van der Waals surface area contributed by atoms with Crippen molar-refractivity contribution in [3.8, 4) is 0 Å². The zero-order valence-corrected chi connectivity index (χ0v) is 12.9. The summed E-state index contributed by atoms with van der Waals surface area (Å²) in [5.41, 5.74) is 4.99. The highest BCUT2D eigenvalue weighted by atomic mass is 127. The van der Waals surface area contributed by atoms with Crippen LogP contribution in [0.15, 0.2) is 48.7 Å². The summed E-state index contributed by atoms with van der Waals surface area (Å²) in [5.74, 6) is 0. The van der Waals surface area contributed by atoms with Crippen LogP contribution in [-0.2, 0) is 6.54 Å². The van der Waals surface area contributed by atoms with Crippen molar-refractivity contribution in [1.29, 1.82) is 0 Å². The lowest BCUT2D eigenvalue weighted by molar-refractivity contribution is 1.16. The van der Waals surface area contributed by atoms with Gasteiger partial charge in [0, 0.05) is 32.9 Å². The molecule has 0 aliphatic heterocycles. The number of hydrogen-bond acceptors (Lipinski definition) is 1. The predicted octanol–water partition coefficient (Wildman–Crippen LogP) is 4.69. The number of aromatic amines is 1. The monoisotopic (exact) mass is 362 g/mol. The maximum atomic E-state index is 3.49. The van der Waals surface area contributed by atoms with Gasteiger partial charge in [-0.05, 0) is 64.9 Å². The van der Waals surface area contributed by atoms with Crippen molar-refractivity contribution in [2.45, 2.75) is 13.5 Å². The van der Waals surface area contributed by atoms with Crippen molar-refractivity contribution < 1.29 is 0 Å². The second-order valence-electron chi connectivity index (χ2n) is 4.67. The van der Waals surface area contributed by atoms with E-state index >= 15 is 0 Å². The Labute approximate surface area is 126 Å². The first-order valence-electron chi connectivity index (χ1n) is 6.29. The van der Waals surface area contributed by atoms with Crippen LogP contribution in [0.2, 0.25) is 0 Å². The topological polar surface area (TPSA) is 27.8 Å². The zero-order chi connectivity index (χ0) is 13.2. The van der Waals surface area contributed by atoms with Crippen LogP contribution in [0.1, 0.15) is 11.1 Å². The van der Waals surface area contributed by atoms with Crippen LogP contribution in [0.5, 0.6) is 0 Å². The molecule has 1 aromatic heterocycles. The van der Waals surface area contributed by atoms with Gasteiger partial charge in [0.2, 0.25) is 0 Å². The molecule has 3 heteroatoms. The molecule has 2 aromatic carbocycles. The van der Waals surface area contributed by atoms with Crippen LogP contribution in [0.4, 0.5) is 5.69 Å². The first kappa shape index (κ1) is 12.5. The number of fused-ring (bicyclic) bond motifs is 1. The number of H-pyrrole nitrogens is 1. The molecule has 0 bridgehead atoms. The van der Waals surface area contributed by atoms with Gasteiger partial charge >= 0.3 is 0 Å². The van der Waals surface area contributed by atoms with Crippen molar-refractivity contribution in [3.63, 3.8) is 0 Å². The maximum absolute atomic E-state index is 3.49. The Kier molecular flexibility index (Phi) is 3.46. The molecule has 3 rings (SSSR count). The molecule has 1 heterocycles. The molecule has 0 atom stereocenters. The molecular weight excluding hydrogens is 347 g/mol. The number of nitrogens with one attached hydrogen (secondary N) is 2. The largest absolute Gasteiger partial charge is 0.381 e. The number of aryl methyl sites for hydroxylation is 1. The smallest absolute Gasteiger partial charge is 0.0457 e. The highest BCUT2D eigenvalue weighted by molar-refractivity contribution is 14.1. The first-order chi connectivity index (χ1) is 9.24. The number of rotatable bonds is 3. The lowest BCUT2D eigenvalue weighted by atomic mass is 10.1. The molecule has 0 amide bonds. The number of anilines is 1. The highest BCUT2D eigenvalue weighted by Crippen LogP contribution is 2.21. The van der Waals surface area contributed by atoms with Crippen LogP contribution >= 0.6 is 22.6 Å². The summed E-state index contributed by atoms with van der Waals surface area (Å²) in [7, 11) is 0. The van der Waals surface area contributed by atoms with E-state index in [-0.39, 0.29) is 0 Å². The van der Waals surface area contributed by atoms with E-state index in [1.165, 1.54) is 31.3 Å². The molecule has 19 heavy (non-hydrogen) atoms. The minimum absolute atomic E-state index is 0.842. The van der Waals surface area contributed by atoms with Gasteiger partial charge in [-0.15, -0.1) is 0 Å². The fraction of sp³-hybridized carbons (Fsp3) is 0.125. The van der Waals surface area contributed by atoms with E-state index in [0.717, 1.165) is 6.54 Å². The second-order valence-corrected chi connectivity index (χ2v) is 5.84. The molecule has 96 valence electrons. The molecule has 0 aliphatic carbocycles. The fourth-order valence-electron chi connectivity index (χ4n) is 2.20. The summed E-state index contributed by atoms with van der Waals surface area (Å²) in [5, 5.41) is 4.78. The van der Waals surface area contributed by atoms with Gasteiger partial charge < -0.3 is 10.3 Å². The van der Waals surface area contributed by atoms with Gasteiger partial charge in [0.15, 0.2) is 0 Å². The summed E-state index contributed by atoms with van der Waals surface area (Å²) in [6.45, 7) is 2.97. The summed E-state index contributed by atoms with van der Waals surface area (Å²) >= 11 is 2.37. The number of benzene rings is 2. The third-order valence-electron chi connectivity index (χ3n) is 3.34. The predicted molar refractivity (Wildman–Crippen MR) is 89.5 cm³/mol. The summed E-state index contributed by atoms with van der Waals surface area (Å²) < 4.78 is 1.29. The van der Waals surface area contributed by atoms with Gasteiger partial charge in [-0.25, -0.2) is 0 Å². The first-order valence-corrected chi connectivity index (χ1v) is 7.37. The lowest BCUT2D eigenvalue weighted by Crippen LogP contribution is -2.00.